The van der Waals surface area contributed by atoms with Gasteiger partial charge in [0.25, 0.3) is 0 Å². The minimum Gasteiger partial charge on any atom is -0.481 e. The number of rotatable bonds is 5. The topological polar surface area (TPSA) is 79.3 Å². The Morgan fingerprint density at radius 3 is 2.20 bits per heavy atom. The van der Waals surface area contributed by atoms with Crippen LogP contribution in [0.3, 0.4) is 0 Å². The smallest absolute Gasteiger partial charge is 0.307 e. The van der Waals surface area contributed by atoms with E-state index >= 15 is 0 Å². The fraction of sp³-hybridized carbons (Fsp3) is 0.350. The molecule has 3 rings (SSSR count). The zero-order valence-corrected chi connectivity index (χ0v) is 14.0. The number of carbonyl (C=O) groups excluding carboxylic acids is 1. The van der Waals surface area contributed by atoms with Gasteiger partial charge in [0.2, 0.25) is 5.91 Å². The van der Waals surface area contributed by atoms with Crippen LogP contribution in [0.25, 0.3) is 0 Å². The lowest BCUT2D eigenvalue weighted by atomic mass is 9.78. The largest absolute Gasteiger partial charge is 0.481 e. The Bertz CT molecular complexity index is 728. The zero-order valence-electron chi connectivity index (χ0n) is 14.0. The van der Waals surface area contributed by atoms with Crippen molar-refractivity contribution in [1.82, 2.24) is 4.98 Å². The van der Waals surface area contributed by atoms with Gasteiger partial charge in [0.15, 0.2) is 0 Å². The van der Waals surface area contributed by atoms with E-state index in [1.54, 1.807) is 12.4 Å². The van der Waals surface area contributed by atoms with Crippen molar-refractivity contribution in [1.29, 1.82) is 0 Å². The number of pyridine rings is 1. The molecule has 2 N–H and O–H groups in total. The van der Waals surface area contributed by atoms with Crippen LogP contribution in [0, 0.1) is 11.8 Å². The molecule has 2 atom stereocenters. The molecule has 1 aromatic carbocycles. The molecule has 5 nitrogen and oxygen atoms in total. The van der Waals surface area contributed by atoms with Gasteiger partial charge in [-0.05, 0) is 54.7 Å². The lowest BCUT2D eigenvalue weighted by Crippen LogP contribution is -2.36. The summed E-state index contributed by atoms with van der Waals surface area (Å²) in [6.45, 7) is 0. The number of amides is 1. The first-order valence-electron chi connectivity index (χ1n) is 8.65. The Balaban J connectivity index is 1.62. The molecule has 1 heterocycles. The van der Waals surface area contributed by atoms with Gasteiger partial charge in [-0.3, -0.25) is 14.6 Å². The Labute approximate surface area is 147 Å². The second-order valence-corrected chi connectivity index (χ2v) is 6.55. The Morgan fingerprint density at radius 2 is 1.56 bits per heavy atom. The maximum Gasteiger partial charge on any atom is 0.307 e. The van der Waals surface area contributed by atoms with E-state index < -0.39 is 17.8 Å². The summed E-state index contributed by atoms with van der Waals surface area (Å²) in [5.41, 5.74) is 3.03. The molecule has 0 saturated heterocycles. The first-order valence-corrected chi connectivity index (χ1v) is 8.65. The minimum atomic E-state index is -0.868. The van der Waals surface area contributed by atoms with Crippen LogP contribution in [-0.4, -0.2) is 22.0 Å². The average molecular weight is 338 g/mol. The number of carboxylic acid groups (broad SMARTS) is 1. The summed E-state index contributed by atoms with van der Waals surface area (Å²) >= 11 is 0. The van der Waals surface area contributed by atoms with Crippen LogP contribution in [0.2, 0.25) is 0 Å². The molecular formula is C20H22N2O3. The van der Waals surface area contributed by atoms with Crippen LogP contribution in [-0.2, 0) is 16.0 Å². The van der Waals surface area contributed by atoms with Crippen molar-refractivity contribution in [2.24, 2.45) is 11.8 Å². The van der Waals surface area contributed by atoms with Crippen molar-refractivity contribution >= 4 is 17.6 Å². The zero-order chi connectivity index (χ0) is 17.6. The van der Waals surface area contributed by atoms with E-state index in [-0.39, 0.29) is 5.91 Å². The molecule has 0 bridgehead atoms. The van der Waals surface area contributed by atoms with Gasteiger partial charge in [-0.1, -0.05) is 25.0 Å². The number of hydrogen-bond donors (Lipinski definition) is 2. The standard InChI is InChI=1S/C20H22N2O3/c23-19(17-3-1-2-4-18(17)20(24)25)22-16-7-5-14(6-8-16)13-15-9-11-21-12-10-15/h5-12,17-18H,1-4,13H2,(H,22,23)(H,24,25). The number of anilines is 1. The second-order valence-electron chi connectivity index (χ2n) is 6.55. The number of aliphatic carboxylic acids is 1. The van der Waals surface area contributed by atoms with Crippen molar-refractivity contribution in [2.75, 3.05) is 5.32 Å². The molecule has 1 aliphatic carbocycles. The van der Waals surface area contributed by atoms with Crippen LogP contribution >= 0.6 is 0 Å². The third-order valence-electron chi connectivity index (χ3n) is 4.80. The molecule has 0 spiro atoms. The minimum absolute atomic E-state index is 0.186. The van der Waals surface area contributed by atoms with Crippen molar-refractivity contribution in [3.63, 3.8) is 0 Å². The summed E-state index contributed by atoms with van der Waals surface area (Å²) < 4.78 is 0. The Morgan fingerprint density at radius 1 is 0.960 bits per heavy atom. The Kier molecular flexibility index (Phi) is 5.43. The predicted molar refractivity (Wildman–Crippen MR) is 95.2 cm³/mol. The molecule has 2 unspecified atom stereocenters. The SMILES string of the molecule is O=C(O)C1CCCCC1C(=O)Nc1ccc(Cc2ccncc2)cc1. The summed E-state index contributed by atoms with van der Waals surface area (Å²) in [6, 6.07) is 11.6. The lowest BCUT2D eigenvalue weighted by Gasteiger charge is -2.27. The van der Waals surface area contributed by atoms with Gasteiger partial charge < -0.3 is 10.4 Å². The quantitative estimate of drug-likeness (QED) is 0.874. The van der Waals surface area contributed by atoms with E-state index in [2.05, 4.69) is 10.3 Å². The number of carbonyl (C=O) groups is 2. The average Bonchev–Trinajstić information content (AvgIpc) is 2.64. The van der Waals surface area contributed by atoms with E-state index in [1.807, 2.05) is 36.4 Å². The number of carboxylic acids is 1. The highest BCUT2D eigenvalue weighted by molar-refractivity contribution is 5.95. The van der Waals surface area contributed by atoms with Crippen LogP contribution < -0.4 is 5.32 Å². The third-order valence-corrected chi connectivity index (χ3v) is 4.80. The van der Waals surface area contributed by atoms with E-state index in [0.717, 1.165) is 24.8 Å². The molecule has 2 aromatic rings. The van der Waals surface area contributed by atoms with Gasteiger partial charge in [0.1, 0.15) is 0 Å². The molecule has 1 saturated carbocycles. The molecule has 1 aliphatic rings. The first-order chi connectivity index (χ1) is 12.1. The summed E-state index contributed by atoms with van der Waals surface area (Å²) in [6.07, 6.45) is 7.36. The van der Waals surface area contributed by atoms with Gasteiger partial charge in [0.05, 0.1) is 11.8 Å². The van der Waals surface area contributed by atoms with E-state index in [4.69, 9.17) is 0 Å². The van der Waals surface area contributed by atoms with Crippen LogP contribution in [0.15, 0.2) is 48.8 Å². The molecule has 5 heteroatoms. The summed E-state index contributed by atoms with van der Waals surface area (Å²) in [5, 5.41) is 12.2. The van der Waals surface area contributed by atoms with Gasteiger partial charge >= 0.3 is 5.97 Å². The summed E-state index contributed by atoms with van der Waals surface area (Å²) in [7, 11) is 0. The monoisotopic (exact) mass is 338 g/mol. The van der Waals surface area contributed by atoms with E-state index in [1.165, 1.54) is 5.56 Å². The van der Waals surface area contributed by atoms with Crippen LogP contribution in [0.5, 0.6) is 0 Å². The molecular weight excluding hydrogens is 316 g/mol. The fourth-order valence-corrected chi connectivity index (χ4v) is 3.42. The highest BCUT2D eigenvalue weighted by Gasteiger charge is 2.35. The van der Waals surface area contributed by atoms with Crippen molar-refractivity contribution < 1.29 is 14.7 Å². The van der Waals surface area contributed by atoms with Crippen LogP contribution in [0.1, 0.15) is 36.8 Å². The normalized spacial score (nSPS) is 20.0. The number of aromatic nitrogens is 1. The number of nitrogens with one attached hydrogen (secondary N) is 1. The first kappa shape index (κ1) is 17.1. The predicted octanol–water partition coefficient (Wildman–Crippen LogP) is 3.50. The highest BCUT2D eigenvalue weighted by Crippen LogP contribution is 2.31. The summed E-state index contributed by atoms with van der Waals surface area (Å²) in [4.78, 5) is 27.8. The number of hydrogen-bond acceptors (Lipinski definition) is 3. The van der Waals surface area contributed by atoms with E-state index in [0.29, 0.717) is 18.5 Å². The third kappa shape index (κ3) is 4.44. The number of benzene rings is 1. The maximum absolute atomic E-state index is 12.5. The van der Waals surface area contributed by atoms with Crippen molar-refractivity contribution in [3.8, 4) is 0 Å². The molecule has 0 radical (unpaired) electrons. The molecule has 1 fully saturated rings. The van der Waals surface area contributed by atoms with Gasteiger partial charge in [-0.2, -0.15) is 0 Å². The van der Waals surface area contributed by atoms with Gasteiger partial charge in [0, 0.05) is 18.1 Å². The molecule has 1 aromatic heterocycles. The number of nitrogens with zero attached hydrogens (tertiary/aromatic N) is 1. The molecule has 130 valence electrons. The molecule has 25 heavy (non-hydrogen) atoms. The Hall–Kier alpha value is -2.69. The maximum atomic E-state index is 12.5. The summed E-state index contributed by atoms with van der Waals surface area (Å²) in [5.74, 6) is -2.07. The second kappa shape index (κ2) is 7.92. The van der Waals surface area contributed by atoms with Crippen LogP contribution in [0.4, 0.5) is 5.69 Å². The fourth-order valence-electron chi connectivity index (χ4n) is 3.42. The van der Waals surface area contributed by atoms with E-state index in [9.17, 15) is 14.7 Å². The lowest BCUT2D eigenvalue weighted by molar-refractivity contribution is -0.147. The van der Waals surface area contributed by atoms with Crippen molar-refractivity contribution in [2.45, 2.75) is 32.1 Å². The highest BCUT2D eigenvalue weighted by atomic mass is 16.4. The van der Waals surface area contributed by atoms with Crippen molar-refractivity contribution in [3.05, 3.63) is 59.9 Å². The molecule has 1 amide bonds. The van der Waals surface area contributed by atoms with Gasteiger partial charge in [-0.25, -0.2) is 0 Å². The molecule has 0 aliphatic heterocycles. The van der Waals surface area contributed by atoms with Gasteiger partial charge in [-0.15, -0.1) is 0 Å².